The molecular formula is C14H18. The fourth-order valence-corrected chi connectivity index (χ4v) is 3.61. The van der Waals surface area contributed by atoms with Crippen LogP contribution >= 0.6 is 0 Å². The number of hydrogen-bond acceptors (Lipinski definition) is 0. The highest BCUT2D eigenvalue weighted by atomic mass is 14.5. The molecule has 2 aliphatic rings. The second-order valence-electron chi connectivity index (χ2n) is 5.22. The number of benzene rings is 1. The molecule has 0 N–H and O–H groups in total. The van der Waals surface area contributed by atoms with Gasteiger partial charge in [0.15, 0.2) is 0 Å². The lowest BCUT2D eigenvalue weighted by molar-refractivity contribution is 0.226. The van der Waals surface area contributed by atoms with Crippen LogP contribution in [-0.4, -0.2) is 0 Å². The van der Waals surface area contributed by atoms with Gasteiger partial charge in [0.2, 0.25) is 0 Å². The molecule has 0 heterocycles. The van der Waals surface area contributed by atoms with Crippen LogP contribution in [0.25, 0.3) is 0 Å². The molecule has 0 aliphatic heterocycles. The molecule has 0 heteroatoms. The lowest BCUT2D eigenvalue weighted by Crippen LogP contribution is -2.31. The van der Waals surface area contributed by atoms with Crippen LogP contribution in [0, 0.1) is 5.92 Å². The van der Waals surface area contributed by atoms with E-state index in [2.05, 4.69) is 31.2 Å². The molecule has 1 aromatic carbocycles. The fourth-order valence-electron chi connectivity index (χ4n) is 3.61. The third-order valence-corrected chi connectivity index (χ3v) is 4.50. The van der Waals surface area contributed by atoms with Gasteiger partial charge in [-0.25, -0.2) is 0 Å². The van der Waals surface area contributed by atoms with Crippen LogP contribution in [0.4, 0.5) is 0 Å². The molecule has 14 heavy (non-hydrogen) atoms. The van der Waals surface area contributed by atoms with E-state index in [1.807, 2.05) is 0 Å². The molecule has 0 saturated heterocycles. The number of rotatable bonds is 0. The van der Waals surface area contributed by atoms with Crippen molar-refractivity contribution in [2.45, 2.75) is 44.4 Å². The third-order valence-electron chi connectivity index (χ3n) is 4.50. The zero-order valence-corrected chi connectivity index (χ0v) is 8.92. The summed E-state index contributed by atoms with van der Waals surface area (Å²) < 4.78 is 0. The number of hydrogen-bond donors (Lipinski definition) is 0. The molecule has 2 atom stereocenters. The topological polar surface area (TPSA) is 0 Å². The van der Waals surface area contributed by atoms with Crippen molar-refractivity contribution < 1.29 is 0 Å². The maximum absolute atomic E-state index is 2.49. The Kier molecular flexibility index (Phi) is 1.74. The Hall–Kier alpha value is -0.780. The van der Waals surface area contributed by atoms with Gasteiger partial charge in [0.1, 0.15) is 0 Å². The minimum Gasteiger partial charge on any atom is -0.0620 e. The highest BCUT2D eigenvalue weighted by Gasteiger charge is 2.43. The van der Waals surface area contributed by atoms with Crippen LogP contribution in [0.5, 0.6) is 0 Å². The Morgan fingerprint density at radius 2 is 2.07 bits per heavy atom. The normalized spacial score (nSPS) is 35.1. The summed E-state index contributed by atoms with van der Waals surface area (Å²) in [5, 5.41) is 0. The summed E-state index contributed by atoms with van der Waals surface area (Å²) in [4.78, 5) is 0. The van der Waals surface area contributed by atoms with Crippen molar-refractivity contribution in [3.63, 3.8) is 0 Å². The van der Waals surface area contributed by atoms with Crippen molar-refractivity contribution in [1.82, 2.24) is 0 Å². The van der Waals surface area contributed by atoms with Gasteiger partial charge in [-0.1, -0.05) is 44.0 Å². The van der Waals surface area contributed by atoms with E-state index in [0.717, 1.165) is 5.92 Å². The van der Waals surface area contributed by atoms with E-state index in [4.69, 9.17) is 0 Å². The molecule has 1 saturated carbocycles. The summed E-state index contributed by atoms with van der Waals surface area (Å²) in [5.74, 6) is 0.939. The Labute approximate surface area is 86.3 Å². The first kappa shape index (κ1) is 8.52. The van der Waals surface area contributed by atoms with Gasteiger partial charge in [-0.05, 0) is 41.7 Å². The zero-order valence-electron chi connectivity index (χ0n) is 8.92. The van der Waals surface area contributed by atoms with Gasteiger partial charge in [-0.15, -0.1) is 0 Å². The van der Waals surface area contributed by atoms with Crippen molar-refractivity contribution in [2.24, 2.45) is 5.92 Å². The molecule has 0 nitrogen and oxygen atoms in total. The lowest BCUT2D eigenvalue weighted by atomic mass is 9.67. The van der Waals surface area contributed by atoms with Crippen molar-refractivity contribution in [2.75, 3.05) is 0 Å². The summed E-state index contributed by atoms with van der Waals surface area (Å²) in [5.41, 5.74) is 3.81. The van der Waals surface area contributed by atoms with E-state index in [9.17, 15) is 0 Å². The fraction of sp³-hybridized carbons (Fsp3) is 0.571. The summed E-state index contributed by atoms with van der Waals surface area (Å²) in [6.45, 7) is 2.49. The second-order valence-corrected chi connectivity index (χ2v) is 5.22. The lowest BCUT2D eigenvalue weighted by Gasteiger charge is -2.37. The SMILES string of the molecule is C[C@@]12CCCC[C@@H]1Cc1ccccc12. The third kappa shape index (κ3) is 1.00. The van der Waals surface area contributed by atoms with E-state index in [1.54, 1.807) is 11.1 Å². The van der Waals surface area contributed by atoms with E-state index >= 15 is 0 Å². The quantitative estimate of drug-likeness (QED) is 0.579. The second kappa shape index (κ2) is 2.85. The highest BCUT2D eigenvalue weighted by molar-refractivity contribution is 5.40. The molecule has 74 valence electrons. The smallest absolute Gasteiger partial charge is 0.00411 e. The Morgan fingerprint density at radius 1 is 1.21 bits per heavy atom. The molecule has 1 aromatic rings. The maximum atomic E-state index is 2.49. The standard InChI is InChI=1S/C14H18/c1-14-9-5-4-7-12(14)10-11-6-2-3-8-13(11)14/h2-3,6,8,12H,4-5,7,9-10H2,1H3/t12-,14-/m1/s1. The van der Waals surface area contributed by atoms with Crippen LogP contribution in [-0.2, 0) is 11.8 Å². The van der Waals surface area contributed by atoms with Gasteiger partial charge in [-0.3, -0.25) is 0 Å². The first-order chi connectivity index (χ1) is 6.81. The van der Waals surface area contributed by atoms with E-state index < -0.39 is 0 Å². The predicted molar refractivity (Wildman–Crippen MR) is 59.5 cm³/mol. The van der Waals surface area contributed by atoms with Crippen molar-refractivity contribution in [1.29, 1.82) is 0 Å². The van der Waals surface area contributed by atoms with Crippen molar-refractivity contribution in [3.8, 4) is 0 Å². The Bertz CT molecular complexity index is 353. The van der Waals surface area contributed by atoms with E-state index in [1.165, 1.54) is 32.1 Å². The van der Waals surface area contributed by atoms with Crippen LogP contribution in [0.1, 0.15) is 43.7 Å². The van der Waals surface area contributed by atoms with Crippen LogP contribution < -0.4 is 0 Å². The molecule has 1 fully saturated rings. The summed E-state index contributed by atoms with van der Waals surface area (Å²) in [6, 6.07) is 9.10. The molecule has 3 rings (SSSR count). The van der Waals surface area contributed by atoms with Crippen molar-refractivity contribution in [3.05, 3.63) is 35.4 Å². The molecule has 0 radical (unpaired) electrons. The predicted octanol–water partition coefficient (Wildman–Crippen LogP) is 3.69. The Balaban J connectivity index is 2.10. The highest BCUT2D eigenvalue weighted by Crippen LogP contribution is 2.50. The molecule has 0 amide bonds. The summed E-state index contributed by atoms with van der Waals surface area (Å²) in [6.07, 6.45) is 7.09. The zero-order chi connectivity index (χ0) is 9.60. The first-order valence-electron chi connectivity index (χ1n) is 5.89. The minimum atomic E-state index is 0.523. The largest absolute Gasteiger partial charge is 0.0620 e. The van der Waals surface area contributed by atoms with Gasteiger partial charge < -0.3 is 0 Å². The average molecular weight is 186 g/mol. The molecule has 0 aromatic heterocycles. The molecule has 0 unspecified atom stereocenters. The maximum Gasteiger partial charge on any atom is -0.00411 e. The van der Waals surface area contributed by atoms with Gasteiger partial charge in [-0.2, -0.15) is 0 Å². The molecule has 0 spiro atoms. The minimum absolute atomic E-state index is 0.523. The van der Waals surface area contributed by atoms with Crippen LogP contribution in [0.15, 0.2) is 24.3 Å². The number of fused-ring (bicyclic) bond motifs is 3. The van der Waals surface area contributed by atoms with Crippen LogP contribution in [0.3, 0.4) is 0 Å². The van der Waals surface area contributed by atoms with Gasteiger partial charge >= 0.3 is 0 Å². The summed E-state index contributed by atoms with van der Waals surface area (Å²) in [7, 11) is 0. The average Bonchev–Trinajstić information content (AvgIpc) is 2.51. The van der Waals surface area contributed by atoms with Gasteiger partial charge in [0, 0.05) is 0 Å². The van der Waals surface area contributed by atoms with Crippen LogP contribution in [0.2, 0.25) is 0 Å². The van der Waals surface area contributed by atoms with Crippen molar-refractivity contribution >= 4 is 0 Å². The van der Waals surface area contributed by atoms with E-state index in [-0.39, 0.29) is 0 Å². The molecule has 2 aliphatic carbocycles. The molecule has 0 bridgehead atoms. The monoisotopic (exact) mass is 186 g/mol. The molecular weight excluding hydrogens is 168 g/mol. The van der Waals surface area contributed by atoms with Gasteiger partial charge in [0.05, 0.1) is 0 Å². The summed E-state index contributed by atoms with van der Waals surface area (Å²) >= 11 is 0. The first-order valence-corrected chi connectivity index (χ1v) is 5.89. The Morgan fingerprint density at radius 3 is 3.00 bits per heavy atom. The van der Waals surface area contributed by atoms with Gasteiger partial charge in [0.25, 0.3) is 0 Å². The van der Waals surface area contributed by atoms with E-state index in [0.29, 0.717) is 5.41 Å².